The Morgan fingerprint density at radius 1 is 0.417 bits per heavy atom. The van der Waals surface area contributed by atoms with E-state index in [0.717, 1.165) is 0 Å². The van der Waals surface area contributed by atoms with Gasteiger partial charge in [0.25, 0.3) is 6.71 Å². The normalized spacial score (nSPS) is 18.0. The molecule has 2 nitrogen and oxygen atoms in total. The zero-order chi connectivity index (χ0) is 51.2. The molecule has 0 N–H and O–H groups in total. The van der Waals surface area contributed by atoms with Gasteiger partial charge in [0, 0.05) is 34.0 Å². The smallest absolute Gasteiger partial charge is 0.252 e. The predicted molar refractivity (Wildman–Crippen MR) is 313 cm³/mol. The van der Waals surface area contributed by atoms with Gasteiger partial charge in [0.2, 0.25) is 0 Å². The maximum Gasteiger partial charge on any atom is 0.252 e. The van der Waals surface area contributed by atoms with Crippen LogP contribution in [0.15, 0.2) is 133 Å². The van der Waals surface area contributed by atoms with E-state index in [1.54, 1.807) is 0 Å². The summed E-state index contributed by atoms with van der Waals surface area (Å²) in [6, 6.07) is 53.2. The number of benzene rings is 7. The molecule has 0 saturated heterocycles. The van der Waals surface area contributed by atoms with Gasteiger partial charge < -0.3 is 9.80 Å². The monoisotopic (exact) mass is 947 g/mol. The Morgan fingerprint density at radius 3 is 1.57 bits per heavy atom. The molecule has 0 fully saturated rings. The largest absolute Gasteiger partial charge is 0.311 e. The fourth-order valence-corrected chi connectivity index (χ4v) is 13.1. The van der Waals surface area contributed by atoms with Crippen molar-refractivity contribution in [2.45, 2.75) is 175 Å². The van der Waals surface area contributed by atoms with E-state index >= 15 is 0 Å². The molecule has 4 aliphatic rings. The van der Waals surface area contributed by atoms with Crippen LogP contribution in [0.3, 0.4) is 0 Å². The Balaban J connectivity index is 1.27. The van der Waals surface area contributed by atoms with Crippen LogP contribution in [-0.2, 0) is 32.5 Å². The lowest BCUT2D eigenvalue weighted by atomic mass is 9.33. The molecule has 2 heterocycles. The van der Waals surface area contributed by atoms with Crippen molar-refractivity contribution in [1.29, 1.82) is 0 Å². The van der Waals surface area contributed by atoms with Crippen LogP contribution < -0.4 is 26.2 Å². The lowest BCUT2D eigenvalue weighted by Gasteiger charge is -2.48. The molecular formula is C69H79BN2. The second-order valence-electron chi connectivity index (χ2n) is 27.4. The number of hydrogen-bond acceptors (Lipinski definition) is 2. The third-order valence-electron chi connectivity index (χ3n) is 18.1. The number of fused-ring (bicyclic) bond motifs is 6. The average Bonchev–Trinajstić information content (AvgIpc) is 3.33. The second kappa shape index (κ2) is 16.4. The molecule has 0 spiro atoms. The van der Waals surface area contributed by atoms with Crippen LogP contribution in [-0.4, -0.2) is 6.71 Å². The molecule has 0 bridgehead atoms. The molecule has 7 aromatic rings. The maximum atomic E-state index is 2.73. The minimum absolute atomic E-state index is 0.0283. The van der Waals surface area contributed by atoms with Gasteiger partial charge in [-0.3, -0.25) is 0 Å². The van der Waals surface area contributed by atoms with Gasteiger partial charge >= 0.3 is 0 Å². The molecule has 368 valence electrons. The van der Waals surface area contributed by atoms with Crippen molar-refractivity contribution >= 4 is 57.2 Å². The zero-order valence-corrected chi connectivity index (χ0v) is 46.6. The van der Waals surface area contributed by atoms with Crippen molar-refractivity contribution in [3.05, 3.63) is 172 Å². The van der Waals surface area contributed by atoms with E-state index in [2.05, 4.69) is 254 Å². The Kier molecular flexibility index (Phi) is 11.0. The minimum atomic E-state index is -0.0560. The fourth-order valence-electron chi connectivity index (χ4n) is 13.1. The van der Waals surface area contributed by atoms with Crippen molar-refractivity contribution < 1.29 is 0 Å². The van der Waals surface area contributed by atoms with Crippen molar-refractivity contribution in [1.82, 2.24) is 0 Å². The predicted octanol–water partition coefficient (Wildman–Crippen LogP) is 17.5. The first-order valence-electron chi connectivity index (χ1n) is 27.3. The van der Waals surface area contributed by atoms with Crippen molar-refractivity contribution in [2.24, 2.45) is 0 Å². The van der Waals surface area contributed by atoms with E-state index in [0.29, 0.717) is 5.92 Å². The summed E-state index contributed by atoms with van der Waals surface area (Å²) in [4.78, 5) is 5.43. The van der Waals surface area contributed by atoms with Crippen LogP contribution in [0.5, 0.6) is 0 Å². The van der Waals surface area contributed by atoms with E-state index in [4.69, 9.17) is 0 Å². The minimum Gasteiger partial charge on any atom is -0.311 e. The van der Waals surface area contributed by atoms with E-state index < -0.39 is 0 Å². The lowest BCUT2D eigenvalue weighted by molar-refractivity contribution is 0.332. The number of nitrogens with zero attached hydrogens (tertiary/aromatic N) is 2. The Labute approximate surface area is 434 Å². The molecule has 0 saturated carbocycles. The molecule has 0 aromatic heterocycles. The first-order valence-corrected chi connectivity index (χ1v) is 27.3. The van der Waals surface area contributed by atoms with Crippen LogP contribution in [0.4, 0.5) is 34.1 Å². The third kappa shape index (κ3) is 7.81. The van der Waals surface area contributed by atoms with E-state index in [-0.39, 0.29) is 39.2 Å². The highest BCUT2D eigenvalue weighted by Crippen LogP contribution is 2.54. The van der Waals surface area contributed by atoms with Crippen LogP contribution in [0.25, 0.3) is 22.3 Å². The quantitative estimate of drug-likeness (QED) is 0.159. The standard InChI is InChI=1S/C69H79BN2/c1-43(2)47-36-61-63-62(37-47)72(58-30-26-48(64(3,4)5)38-51(58)46-24-20-23-45(35-46)44-21-18-17-19-22-44)59-39-49(65(6,7)8)25-29-56(59)70(63)57-41-54-55(69(15,16)34-33-68(54,13)14)42-60(57)71(61)50-27-28-52-53(40-50)67(11,12)32-31-66(52,9)10/h17-30,35-43H,31-34H2,1-16H3. The van der Waals surface area contributed by atoms with Gasteiger partial charge in [-0.25, -0.2) is 0 Å². The number of anilines is 6. The Morgan fingerprint density at radius 2 is 0.944 bits per heavy atom. The summed E-state index contributed by atoms with van der Waals surface area (Å²) in [5, 5.41) is 0. The number of rotatable bonds is 5. The summed E-state index contributed by atoms with van der Waals surface area (Å²) in [7, 11) is 0. The summed E-state index contributed by atoms with van der Waals surface area (Å²) in [6.45, 7) is 38.8. The van der Waals surface area contributed by atoms with Gasteiger partial charge in [-0.15, -0.1) is 0 Å². The molecule has 0 atom stereocenters. The molecule has 0 amide bonds. The van der Waals surface area contributed by atoms with Crippen molar-refractivity contribution in [3.63, 3.8) is 0 Å². The van der Waals surface area contributed by atoms with Crippen LogP contribution >= 0.6 is 0 Å². The highest BCUT2D eigenvalue weighted by atomic mass is 15.2. The first-order chi connectivity index (χ1) is 33.7. The molecular weight excluding hydrogens is 868 g/mol. The van der Waals surface area contributed by atoms with Crippen LogP contribution in [0.1, 0.15) is 181 Å². The van der Waals surface area contributed by atoms with E-state index in [9.17, 15) is 0 Å². The summed E-state index contributed by atoms with van der Waals surface area (Å²) < 4.78 is 0. The zero-order valence-electron chi connectivity index (χ0n) is 46.6. The van der Waals surface area contributed by atoms with Crippen molar-refractivity contribution in [3.8, 4) is 22.3 Å². The maximum absolute atomic E-state index is 2.73. The van der Waals surface area contributed by atoms with Crippen LogP contribution in [0, 0.1) is 0 Å². The SMILES string of the molecule is CC(C)c1cc2c3c(c1)N(c1ccc(C(C)(C)C)cc1-c1cccc(-c4ccccc4)c1)c1cc(C(C)(C)C)ccc1B3c1cc3c(cc1N2c1ccc2c(c1)C(C)(C)CCC2(C)C)C(C)(C)CCC3(C)C. The number of hydrogen-bond donors (Lipinski definition) is 0. The van der Waals surface area contributed by atoms with E-state index in [1.165, 1.54) is 137 Å². The first kappa shape index (κ1) is 48.5. The third-order valence-corrected chi connectivity index (χ3v) is 18.1. The van der Waals surface area contributed by atoms with Gasteiger partial charge in [0.1, 0.15) is 0 Å². The Hall–Kier alpha value is -5.80. The summed E-state index contributed by atoms with van der Waals surface area (Å²) >= 11 is 0. The van der Waals surface area contributed by atoms with Gasteiger partial charge in [0.15, 0.2) is 0 Å². The molecule has 72 heavy (non-hydrogen) atoms. The molecule has 2 aliphatic heterocycles. The van der Waals surface area contributed by atoms with Gasteiger partial charge in [-0.05, 0) is 191 Å². The highest BCUT2D eigenvalue weighted by molar-refractivity contribution is 7.00. The summed E-state index contributed by atoms with van der Waals surface area (Å²) in [5.74, 6) is 0.300. The molecule has 11 rings (SSSR count). The molecule has 2 aliphatic carbocycles. The topological polar surface area (TPSA) is 6.48 Å². The lowest BCUT2D eigenvalue weighted by Crippen LogP contribution is -2.62. The molecule has 0 radical (unpaired) electrons. The fraction of sp³-hybridized carbons (Fsp3) is 0.391. The van der Waals surface area contributed by atoms with Gasteiger partial charge in [-0.1, -0.05) is 190 Å². The summed E-state index contributed by atoms with van der Waals surface area (Å²) in [5.41, 5.74) is 27.1. The Bertz CT molecular complexity index is 3310. The molecule has 7 aromatic carbocycles. The molecule has 3 heteroatoms. The highest BCUT2D eigenvalue weighted by Gasteiger charge is 2.48. The van der Waals surface area contributed by atoms with E-state index in [1.807, 2.05) is 0 Å². The van der Waals surface area contributed by atoms with Gasteiger partial charge in [-0.2, -0.15) is 0 Å². The molecule has 0 unspecified atom stereocenters. The van der Waals surface area contributed by atoms with Crippen LogP contribution in [0.2, 0.25) is 0 Å². The summed E-state index contributed by atoms with van der Waals surface area (Å²) in [6.07, 6.45) is 4.72. The second-order valence-corrected chi connectivity index (χ2v) is 27.4. The average molecular weight is 947 g/mol. The van der Waals surface area contributed by atoms with Crippen molar-refractivity contribution in [2.75, 3.05) is 9.80 Å². The van der Waals surface area contributed by atoms with Gasteiger partial charge in [0.05, 0.1) is 5.69 Å².